The van der Waals surface area contributed by atoms with Crippen molar-refractivity contribution in [2.24, 2.45) is 7.05 Å². The van der Waals surface area contributed by atoms with Crippen LogP contribution in [0.1, 0.15) is 10.5 Å². The molecule has 7 nitrogen and oxygen atoms in total. The van der Waals surface area contributed by atoms with Gasteiger partial charge in [0, 0.05) is 18.1 Å². The second-order valence-corrected chi connectivity index (χ2v) is 4.83. The lowest BCUT2D eigenvalue weighted by molar-refractivity contribution is -0.384. The van der Waals surface area contributed by atoms with Crippen LogP contribution in [0.25, 0.3) is 0 Å². The van der Waals surface area contributed by atoms with Crippen molar-refractivity contribution in [1.82, 2.24) is 4.57 Å². The number of ether oxygens (including phenoxy) is 2. The molecule has 0 unspecified atom stereocenters. The second-order valence-electron chi connectivity index (χ2n) is 4.39. The molecule has 0 atom stereocenters. The van der Waals surface area contributed by atoms with Gasteiger partial charge >= 0.3 is 5.97 Å². The summed E-state index contributed by atoms with van der Waals surface area (Å²) in [5.74, 6) is -0.0368. The van der Waals surface area contributed by atoms with Crippen LogP contribution in [-0.2, 0) is 11.8 Å². The van der Waals surface area contributed by atoms with Crippen molar-refractivity contribution in [3.05, 3.63) is 57.4 Å². The number of hydrogen-bond donors (Lipinski definition) is 0. The summed E-state index contributed by atoms with van der Waals surface area (Å²) in [6.07, 6.45) is 1.25. The van der Waals surface area contributed by atoms with Gasteiger partial charge in [-0.15, -0.1) is 0 Å². The minimum absolute atomic E-state index is 0.0282. The first-order valence-electron chi connectivity index (χ1n) is 6.33. The Morgan fingerprint density at radius 2 is 2.00 bits per heavy atom. The summed E-state index contributed by atoms with van der Waals surface area (Å²) in [7, 11) is 1.54. The minimum atomic E-state index is -0.643. The normalized spacial score (nSPS) is 10.3. The van der Waals surface area contributed by atoms with Gasteiger partial charge in [0.25, 0.3) is 5.69 Å². The fourth-order valence-corrected chi connectivity index (χ4v) is 1.87. The van der Waals surface area contributed by atoms with Crippen LogP contribution in [0.3, 0.4) is 0 Å². The van der Waals surface area contributed by atoms with E-state index in [1.807, 2.05) is 0 Å². The van der Waals surface area contributed by atoms with Crippen LogP contribution in [0.4, 0.5) is 5.69 Å². The fraction of sp³-hybridized carbons (Fsp3) is 0.214. The number of carbonyl (C=O) groups is 1. The number of nitro groups is 1. The highest BCUT2D eigenvalue weighted by atomic mass is 35.5. The maximum Gasteiger partial charge on any atom is 0.355 e. The molecule has 0 radical (unpaired) electrons. The number of hydrogen-bond acceptors (Lipinski definition) is 5. The van der Waals surface area contributed by atoms with Crippen molar-refractivity contribution in [2.45, 2.75) is 0 Å². The highest BCUT2D eigenvalue weighted by Gasteiger charge is 2.18. The van der Waals surface area contributed by atoms with Crippen molar-refractivity contribution in [1.29, 1.82) is 0 Å². The van der Waals surface area contributed by atoms with Crippen LogP contribution in [0.5, 0.6) is 5.75 Å². The molecule has 0 aliphatic carbocycles. The van der Waals surface area contributed by atoms with Gasteiger partial charge < -0.3 is 14.0 Å². The summed E-state index contributed by atoms with van der Waals surface area (Å²) in [5, 5.41) is 11.2. The average molecular weight is 325 g/mol. The molecule has 0 saturated heterocycles. The monoisotopic (exact) mass is 324 g/mol. The molecule has 0 aliphatic rings. The Labute approximate surface area is 131 Å². The van der Waals surface area contributed by atoms with E-state index in [-0.39, 0.29) is 24.6 Å². The van der Waals surface area contributed by atoms with E-state index in [0.717, 1.165) is 0 Å². The highest BCUT2D eigenvalue weighted by Crippen LogP contribution is 2.17. The van der Waals surface area contributed by atoms with Crippen molar-refractivity contribution in [3.8, 4) is 5.75 Å². The van der Waals surface area contributed by atoms with Gasteiger partial charge in [-0.1, -0.05) is 11.6 Å². The molecule has 2 aromatic rings. The van der Waals surface area contributed by atoms with E-state index in [4.69, 9.17) is 21.1 Å². The minimum Gasteiger partial charge on any atom is -0.490 e. The van der Waals surface area contributed by atoms with Gasteiger partial charge in [0.15, 0.2) is 0 Å². The summed E-state index contributed by atoms with van der Waals surface area (Å²) >= 11 is 5.75. The van der Waals surface area contributed by atoms with E-state index < -0.39 is 10.9 Å². The second kappa shape index (κ2) is 6.95. The number of rotatable bonds is 6. The first-order valence-corrected chi connectivity index (χ1v) is 6.71. The maximum atomic E-state index is 11.8. The molecule has 0 spiro atoms. The zero-order valence-electron chi connectivity index (χ0n) is 11.7. The molecule has 116 valence electrons. The molecular formula is C14H13ClN2O5. The van der Waals surface area contributed by atoms with Crippen LogP contribution >= 0.6 is 11.6 Å². The molecule has 0 bridgehead atoms. The molecule has 0 fully saturated rings. The summed E-state index contributed by atoms with van der Waals surface area (Å²) in [5.41, 5.74) is -0.0509. The first kappa shape index (κ1) is 15.8. The molecule has 0 amide bonds. The van der Waals surface area contributed by atoms with E-state index in [9.17, 15) is 14.9 Å². The molecule has 8 heteroatoms. The summed E-state index contributed by atoms with van der Waals surface area (Å²) < 4.78 is 11.7. The predicted molar refractivity (Wildman–Crippen MR) is 79.3 cm³/mol. The molecule has 1 heterocycles. The van der Waals surface area contributed by atoms with Gasteiger partial charge in [-0.05, 0) is 24.3 Å². The average Bonchev–Trinajstić information content (AvgIpc) is 2.87. The standard InChI is InChI=1S/C14H13ClN2O5/c1-16-9-11(17(19)20)8-13(16)14(18)22-7-6-21-12-4-2-10(15)3-5-12/h2-5,8-9H,6-7H2,1H3. The predicted octanol–water partition coefficient (Wildman–Crippen LogP) is 2.82. The number of benzene rings is 1. The molecule has 0 aliphatic heterocycles. The van der Waals surface area contributed by atoms with Crippen LogP contribution < -0.4 is 4.74 Å². The third-order valence-electron chi connectivity index (χ3n) is 2.81. The Hall–Kier alpha value is -2.54. The zero-order valence-corrected chi connectivity index (χ0v) is 12.4. The molecule has 1 aromatic heterocycles. The quantitative estimate of drug-likeness (QED) is 0.353. The largest absolute Gasteiger partial charge is 0.490 e. The highest BCUT2D eigenvalue weighted by molar-refractivity contribution is 6.30. The van der Waals surface area contributed by atoms with Crippen LogP contribution in [-0.4, -0.2) is 28.7 Å². The Bertz CT molecular complexity index is 681. The Morgan fingerprint density at radius 3 is 2.59 bits per heavy atom. The number of aryl methyl sites for hydroxylation is 1. The van der Waals surface area contributed by atoms with Gasteiger partial charge in [0.1, 0.15) is 24.7 Å². The number of nitrogens with zero attached hydrogens (tertiary/aromatic N) is 2. The number of esters is 1. The van der Waals surface area contributed by atoms with E-state index >= 15 is 0 Å². The third kappa shape index (κ3) is 3.98. The van der Waals surface area contributed by atoms with Crippen LogP contribution in [0.2, 0.25) is 5.02 Å². The molecule has 22 heavy (non-hydrogen) atoms. The Balaban J connectivity index is 1.83. The molecular weight excluding hydrogens is 312 g/mol. The molecule has 1 aromatic carbocycles. The Morgan fingerprint density at radius 1 is 1.32 bits per heavy atom. The van der Waals surface area contributed by atoms with Crippen molar-refractivity contribution in [2.75, 3.05) is 13.2 Å². The number of carbonyl (C=O) groups excluding carboxylic acids is 1. The van der Waals surface area contributed by atoms with Crippen molar-refractivity contribution >= 4 is 23.3 Å². The van der Waals surface area contributed by atoms with E-state index in [1.165, 1.54) is 23.9 Å². The lowest BCUT2D eigenvalue weighted by Crippen LogP contribution is -2.14. The van der Waals surface area contributed by atoms with Gasteiger partial charge in [-0.25, -0.2) is 4.79 Å². The first-order chi connectivity index (χ1) is 10.5. The van der Waals surface area contributed by atoms with Gasteiger partial charge in [0.05, 0.1) is 11.1 Å². The van der Waals surface area contributed by atoms with E-state index in [1.54, 1.807) is 24.3 Å². The van der Waals surface area contributed by atoms with Crippen LogP contribution in [0.15, 0.2) is 36.5 Å². The molecule has 2 rings (SSSR count). The topological polar surface area (TPSA) is 83.6 Å². The lowest BCUT2D eigenvalue weighted by atomic mass is 10.3. The summed E-state index contributed by atoms with van der Waals surface area (Å²) in [4.78, 5) is 21.9. The smallest absolute Gasteiger partial charge is 0.355 e. The molecule has 0 N–H and O–H groups in total. The SMILES string of the molecule is Cn1cc([N+](=O)[O-])cc1C(=O)OCCOc1ccc(Cl)cc1. The fourth-order valence-electron chi connectivity index (χ4n) is 1.75. The van der Waals surface area contributed by atoms with Gasteiger partial charge in [0.2, 0.25) is 0 Å². The number of aromatic nitrogens is 1. The lowest BCUT2D eigenvalue weighted by Gasteiger charge is -2.07. The summed E-state index contributed by atoms with van der Waals surface area (Å²) in [6, 6.07) is 7.94. The Kier molecular flexibility index (Phi) is 5.00. The maximum absolute atomic E-state index is 11.8. The van der Waals surface area contributed by atoms with Gasteiger partial charge in [-0.2, -0.15) is 0 Å². The number of halogens is 1. The van der Waals surface area contributed by atoms with Crippen molar-refractivity contribution < 1.29 is 19.2 Å². The zero-order chi connectivity index (χ0) is 16.1. The molecule has 0 saturated carbocycles. The van der Waals surface area contributed by atoms with E-state index in [2.05, 4.69) is 0 Å². The van der Waals surface area contributed by atoms with Gasteiger partial charge in [-0.3, -0.25) is 10.1 Å². The van der Waals surface area contributed by atoms with Crippen LogP contribution in [0, 0.1) is 10.1 Å². The third-order valence-corrected chi connectivity index (χ3v) is 3.06. The van der Waals surface area contributed by atoms with Crippen molar-refractivity contribution in [3.63, 3.8) is 0 Å². The van der Waals surface area contributed by atoms with E-state index in [0.29, 0.717) is 10.8 Å². The summed E-state index contributed by atoms with van der Waals surface area (Å²) in [6.45, 7) is 0.195.